The monoisotopic (exact) mass is 947 g/mol. The van der Waals surface area contributed by atoms with Crippen LogP contribution < -0.4 is 16.4 Å². The van der Waals surface area contributed by atoms with E-state index in [1.165, 1.54) is 46.0 Å². The zero-order valence-corrected chi connectivity index (χ0v) is 37.4. The van der Waals surface area contributed by atoms with Gasteiger partial charge in [-0.05, 0) is 12.8 Å². The van der Waals surface area contributed by atoms with Crippen LogP contribution >= 0.6 is 35.2 Å². The molecule has 1 aliphatic rings. The Balaban J connectivity index is 1.40. The summed E-state index contributed by atoms with van der Waals surface area (Å²) in [6.07, 6.45) is 5.42. The first-order valence-electron chi connectivity index (χ1n) is 19.3. The average Bonchev–Trinajstić information content (AvgIpc) is 3.73. The molecule has 346 valence electrons. The third-order valence-electron chi connectivity index (χ3n) is 8.94. The molecule has 1 fully saturated rings. The topological polar surface area (TPSA) is 364 Å². The summed E-state index contributed by atoms with van der Waals surface area (Å²) >= 11 is 1.10. The summed E-state index contributed by atoms with van der Waals surface area (Å²) in [7, 11) is -16.4. The highest BCUT2D eigenvalue weighted by atomic mass is 32.2. The third kappa shape index (κ3) is 18.1. The Hall–Kier alpha value is -2.70. The molecule has 2 aromatic rings. The van der Waals surface area contributed by atoms with Crippen molar-refractivity contribution in [1.29, 1.82) is 0 Å². The van der Waals surface area contributed by atoms with Crippen LogP contribution in [0, 0.1) is 5.41 Å². The third-order valence-corrected chi connectivity index (χ3v) is 12.9. The van der Waals surface area contributed by atoms with Crippen LogP contribution in [0.3, 0.4) is 0 Å². The maximum Gasteiger partial charge on any atom is 0.481 e. The number of nitrogen functional groups attached to an aromatic ring is 1. The lowest BCUT2D eigenvalue weighted by Gasteiger charge is -2.30. The van der Waals surface area contributed by atoms with Gasteiger partial charge in [0.15, 0.2) is 22.8 Å². The van der Waals surface area contributed by atoms with Crippen molar-refractivity contribution in [3.63, 3.8) is 0 Å². The molecular formula is C33H56N7O17P3S. The number of rotatable bonds is 28. The van der Waals surface area contributed by atoms with Crippen LogP contribution in [0.5, 0.6) is 0 Å². The second-order valence-electron chi connectivity index (χ2n) is 14.5. The summed E-state index contributed by atoms with van der Waals surface area (Å²) in [6.45, 7) is 2.70. The van der Waals surface area contributed by atoms with Gasteiger partial charge in [-0.2, -0.15) is 4.31 Å². The van der Waals surface area contributed by atoms with E-state index >= 15 is 0 Å². The summed E-state index contributed by atoms with van der Waals surface area (Å²) in [5.74, 6) is -1.08. The highest BCUT2D eigenvalue weighted by molar-refractivity contribution is 8.13. The molecule has 0 saturated carbocycles. The number of aliphatic hydroxyl groups excluding tert-OH is 2. The predicted octanol–water partition coefficient (Wildman–Crippen LogP) is 2.36. The van der Waals surface area contributed by atoms with Crippen molar-refractivity contribution >= 4 is 69.1 Å². The van der Waals surface area contributed by atoms with E-state index < -0.39 is 84.6 Å². The van der Waals surface area contributed by atoms with Crippen LogP contribution in [-0.2, 0) is 50.7 Å². The molecule has 0 bridgehead atoms. The summed E-state index contributed by atoms with van der Waals surface area (Å²) in [5, 5.41) is 26.5. The second-order valence-corrected chi connectivity index (χ2v) is 19.9. The quantitative estimate of drug-likeness (QED) is 0.0336. The molecule has 0 aliphatic carbocycles. The first-order valence-corrected chi connectivity index (χ1v) is 24.8. The smallest absolute Gasteiger partial charge is 0.386 e. The number of fused-ring (bicyclic) bond motifs is 1. The Morgan fingerprint density at radius 1 is 1.00 bits per heavy atom. The Bertz CT molecular complexity index is 1940. The number of imidazole rings is 1. The van der Waals surface area contributed by atoms with Crippen molar-refractivity contribution in [1.82, 2.24) is 30.2 Å². The van der Waals surface area contributed by atoms with Gasteiger partial charge in [-0.15, -0.1) is 0 Å². The van der Waals surface area contributed by atoms with E-state index in [-0.39, 0.29) is 41.6 Å². The molecule has 28 heteroatoms. The molecule has 2 unspecified atom stereocenters. The van der Waals surface area contributed by atoms with Gasteiger partial charge in [-0.3, -0.25) is 32.5 Å². The van der Waals surface area contributed by atoms with Gasteiger partial charge in [-0.1, -0.05) is 76.8 Å². The Morgan fingerprint density at radius 3 is 2.39 bits per heavy atom. The van der Waals surface area contributed by atoms with E-state index in [0.717, 1.165) is 41.8 Å². The number of thioether (sulfide) groups is 1. The molecule has 2 amide bonds. The zero-order valence-electron chi connectivity index (χ0n) is 33.9. The maximum absolute atomic E-state index is 12.7. The van der Waals surface area contributed by atoms with Crippen molar-refractivity contribution in [2.45, 2.75) is 109 Å². The summed E-state index contributed by atoms with van der Waals surface area (Å²) in [6, 6.07) is 0. The van der Waals surface area contributed by atoms with E-state index in [2.05, 4.69) is 41.3 Å². The molecule has 3 rings (SSSR count). The molecule has 10 N–H and O–H groups in total. The number of carbonyl (C=O) groups is 3. The minimum absolute atomic E-state index is 0.0228. The lowest BCUT2D eigenvalue weighted by atomic mass is 9.87. The first-order chi connectivity index (χ1) is 28.6. The van der Waals surface area contributed by atoms with Crippen molar-refractivity contribution in [2.24, 2.45) is 5.41 Å². The van der Waals surface area contributed by atoms with Crippen molar-refractivity contribution in [3.8, 4) is 0 Å². The summed E-state index contributed by atoms with van der Waals surface area (Å²) < 4.78 is 62.3. The number of nitrogens with one attached hydrogen (secondary N) is 2. The van der Waals surface area contributed by atoms with Crippen LogP contribution in [0.4, 0.5) is 5.82 Å². The predicted molar refractivity (Wildman–Crippen MR) is 219 cm³/mol. The first kappa shape index (κ1) is 52.6. The van der Waals surface area contributed by atoms with Gasteiger partial charge < -0.3 is 50.9 Å². The minimum Gasteiger partial charge on any atom is -0.386 e. The fraction of sp³-hybridized carbons (Fsp3) is 0.697. The molecular weight excluding hydrogens is 891 g/mol. The fourth-order valence-corrected chi connectivity index (χ4v) is 9.17. The number of hydrogen-bond acceptors (Lipinski definition) is 18. The van der Waals surface area contributed by atoms with Crippen LogP contribution in [-0.4, -0.2) is 123 Å². The molecule has 1 aliphatic heterocycles. The largest absolute Gasteiger partial charge is 0.481 e. The number of nitrogens with two attached hydrogens (primary N) is 1. The lowest BCUT2D eigenvalue weighted by molar-refractivity contribution is -0.137. The molecule has 24 nitrogen and oxygen atoms in total. The van der Waals surface area contributed by atoms with Crippen molar-refractivity contribution in [3.05, 3.63) is 24.8 Å². The lowest BCUT2D eigenvalue weighted by Crippen LogP contribution is -2.46. The van der Waals surface area contributed by atoms with Gasteiger partial charge in [0.25, 0.3) is 0 Å². The van der Waals surface area contributed by atoms with Crippen molar-refractivity contribution in [2.75, 3.05) is 37.8 Å². The van der Waals surface area contributed by atoms with Gasteiger partial charge in [-0.25, -0.2) is 28.6 Å². The Morgan fingerprint density at radius 2 is 1.69 bits per heavy atom. The number of ether oxygens (including phenoxy) is 1. The highest BCUT2D eigenvalue weighted by Gasteiger charge is 2.50. The van der Waals surface area contributed by atoms with Gasteiger partial charge in [0.1, 0.15) is 36.3 Å². The number of aliphatic hydroxyl groups is 2. The molecule has 0 aromatic carbocycles. The van der Waals surface area contributed by atoms with E-state index in [1.807, 2.05) is 12.2 Å². The number of allylic oxidation sites excluding steroid dienone is 2. The minimum atomic E-state index is -5.57. The number of phosphoric acid groups is 3. The molecule has 61 heavy (non-hydrogen) atoms. The molecule has 3 heterocycles. The number of carbonyl (C=O) groups excluding carboxylic acids is 3. The van der Waals surface area contributed by atoms with Crippen molar-refractivity contribution < 1.29 is 80.5 Å². The average molecular weight is 948 g/mol. The number of aromatic nitrogens is 4. The Kier molecular flexibility index (Phi) is 21.0. The van der Waals surface area contributed by atoms with Crippen LogP contribution in [0.15, 0.2) is 24.8 Å². The van der Waals surface area contributed by atoms with Crippen LogP contribution in [0.1, 0.15) is 84.8 Å². The number of anilines is 1. The number of unbranched alkanes of at least 4 members (excludes halogenated alkanes) is 6. The number of phosphoric ester groups is 3. The van der Waals surface area contributed by atoms with Gasteiger partial charge in [0, 0.05) is 37.1 Å². The number of hydrogen-bond donors (Lipinski definition) is 9. The van der Waals surface area contributed by atoms with Gasteiger partial charge >= 0.3 is 23.5 Å². The molecule has 7 atom stereocenters. The molecule has 0 radical (unpaired) electrons. The normalized spacial score (nSPS) is 21.0. The summed E-state index contributed by atoms with van der Waals surface area (Å²) in [4.78, 5) is 87.9. The summed E-state index contributed by atoms with van der Waals surface area (Å²) in [5.41, 5.74) is 4.27. The van der Waals surface area contributed by atoms with E-state index in [4.69, 9.17) is 19.5 Å². The second kappa shape index (κ2) is 24.4. The number of nitrogens with zero attached hydrogens (tertiary/aromatic N) is 4. The molecule has 2 aromatic heterocycles. The SMILES string of the molecule is CCCCCCCC/C=C\CC(=O)SCCNC(=O)CCNC(=O)[C@H](O)C(C)(C)COP(=O)(O)OP(=O)(O)OC[C@H]1O[C@@H](n2cnc3c(N)ncnc32)[C@H](O)[C@@H]1OP(=O)(O)O. The van der Waals surface area contributed by atoms with E-state index in [9.17, 15) is 57.9 Å². The zero-order chi connectivity index (χ0) is 45.4. The molecule has 0 spiro atoms. The molecule has 1 saturated heterocycles. The van der Waals surface area contributed by atoms with Crippen LogP contribution in [0.2, 0.25) is 0 Å². The Labute approximate surface area is 356 Å². The standard InChI is InChI=1S/C33H56N7O17P3S/c1-4-5-6-7-8-9-10-11-12-13-24(42)61-17-16-35-23(41)14-15-36-31(45)28(44)33(2,3)19-54-60(51,52)57-59(49,50)53-18-22-27(56-58(46,47)48)26(43)32(55-22)40-21-39-25-29(34)37-20-38-30(25)40/h11-12,20-22,26-28,32,43-44H,4-10,13-19H2,1-3H3,(H,35,41)(H,36,45)(H,49,50)(H,51,52)(H2,34,37,38)(H2,46,47,48)/b12-11-/t22-,26-,27-,28+,32-/m1/s1. The highest BCUT2D eigenvalue weighted by Crippen LogP contribution is 2.61. The van der Waals surface area contributed by atoms with E-state index in [1.54, 1.807) is 0 Å². The van der Waals surface area contributed by atoms with Crippen LogP contribution in [0.25, 0.3) is 11.2 Å². The van der Waals surface area contributed by atoms with Gasteiger partial charge in [0.05, 0.1) is 19.5 Å². The van der Waals surface area contributed by atoms with E-state index in [0.29, 0.717) is 12.2 Å². The number of amides is 2. The fourth-order valence-electron chi connectivity index (χ4n) is 5.69. The maximum atomic E-state index is 12.7. The van der Waals surface area contributed by atoms with Gasteiger partial charge in [0.2, 0.25) is 11.8 Å².